The summed E-state index contributed by atoms with van der Waals surface area (Å²) in [5.74, 6) is -2.26. The minimum Gasteiger partial charge on any atom is -0.503 e. The Morgan fingerprint density at radius 1 is 0.969 bits per heavy atom. The van der Waals surface area contributed by atoms with Crippen molar-refractivity contribution in [2.45, 2.75) is 12.5 Å². The van der Waals surface area contributed by atoms with Gasteiger partial charge in [0.05, 0.1) is 43.4 Å². The van der Waals surface area contributed by atoms with Crippen LogP contribution in [0.25, 0.3) is 0 Å². The third-order valence-corrected chi connectivity index (χ3v) is 5.50. The van der Waals surface area contributed by atoms with E-state index in [0.29, 0.717) is 17.1 Å². The molecule has 2 aromatic rings. The maximum absolute atomic E-state index is 12.7. The summed E-state index contributed by atoms with van der Waals surface area (Å²) in [5, 5.41) is 10.7. The van der Waals surface area contributed by atoms with Crippen LogP contribution in [-0.4, -0.2) is 43.3 Å². The van der Waals surface area contributed by atoms with Crippen molar-refractivity contribution < 1.29 is 28.9 Å². The number of rotatable bonds is 6. The van der Waals surface area contributed by atoms with E-state index in [4.69, 9.17) is 37.4 Å². The number of carbonyl (C=O) groups is 2. The van der Waals surface area contributed by atoms with Gasteiger partial charge in [0, 0.05) is 24.0 Å². The summed E-state index contributed by atoms with van der Waals surface area (Å²) in [7, 11) is 3.88. The number of phenols is 1. The summed E-state index contributed by atoms with van der Waals surface area (Å²) in [6.45, 7) is 0.366. The molecular weight excluding hydrogens is 457 g/mol. The second kappa shape index (κ2) is 9.97. The maximum atomic E-state index is 12.7. The van der Waals surface area contributed by atoms with E-state index in [2.05, 4.69) is 0 Å². The van der Waals surface area contributed by atoms with Crippen LogP contribution < -0.4 is 4.74 Å². The van der Waals surface area contributed by atoms with E-state index in [9.17, 15) is 14.7 Å². The maximum Gasteiger partial charge on any atom is 0.336 e. The van der Waals surface area contributed by atoms with Crippen LogP contribution in [-0.2, 0) is 25.6 Å². The fraction of sp³-hybridized carbons (Fsp3) is 0.217. The monoisotopic (exact) mass is 477 g/mol. The molecule has 0 spiro atoms. The molecule has 0 fully saturated rings. The number of aromatic hydroxyl groups is 1. The van der Waals surface area contributed by atoms with Crippen LogP contribution in [0.2, 0.25) is 10.0 Å². The lowest BCUT2D eigenvalue weighted by molar-refractivity contribution is -0.137. The second-order valence-corrected chi connectivity index (χ2v) is 7.78. The molecule has 1 aliphatic heterocycles. The third-order valence-electron chi connectivity index (χ3n) is 4.96. The van der Waals surface area contributed by atoms with Crippen molar-refractivity contribution >= 4 is 35.1 Å². The molecule has 0 unspecified atom stereocenters. The Hall–Kier alpha value is -3.16. The minimum atomic E-state index is -0.858. The summed E-state index contributed by atoms with van der Waals surface area (Å²) in [6.07, 6.45) is 3.20. The first-order valence-electron chi connectivity index (χ1n) is 9.45. The summed E-state index contributed by atoms with van der Waals surface area (Å²) < 4.78 is 15.2. The van der Waals surface area contributed by atoms with Gasteiger partial charge in [-0.15, -0.1) is 0 Å². The SMILES string of the molecule is COC(=O)C1=CN(Cc2ccc(Cl)cc2)C=C(C(=O)OC)C1c1cc(Cl)c(O)c(OC)c1. The van der Waals surface area contributed by atoms with Gasteiger partial charge in [-0.05, 0) is 35.4 Å². The predicted molar refractivity (Wildman–Crippen MR) is 120 cm³/mol. The molecule has 0 saturated carbocycles. The van der Waals surface area contributed by atoms with E-state index < -0.39 is 17.9 Å². The largest absolute Gasteiger partial charge is 0.503 e. The van der Waals surface area contributed by atoms with E-state index in [1.54, 1.807) is 29.4 Å². The van der Waals surface area contributed by atoms with Gasteiger partial charge in [0.1, 0.15) is 0 Å². The average molecular weight is 478 g/mol. The Morgan fingerprint density at radius 3 is 2.03 bits per heavy atom. The first-order chi connectivity index (χ1) is 15.3. The number of halogens is 2. The van der Waals surface area contributed by atoms with Crippen LogP contribution in [0.1, 0.15) is 17.0 Å². The number of hydrogen-bond acceptors (Lipinski definition) is 7. The number of esters is 2. The number of benzene rings is 2. The summed E-state index contributed by atoms with van der Waals surface area (Å²) in [6, 6.07) is 10.2. The minimum absolute atomic E-state index is 0.0105. The smallest absolute Gasteiger partial charge is 0.336 e. The molecule has 1 heterocycles. The van der Waals surface area contributed by atoms with E-state index in [-0.39, 0.29) is 27.7 Å². The summed E-state index contributed by atoms with van der Waals surface area (Å²) in [4.78, 5) is 27.1. The first-order valence-corrected chi connectivity index (χ1v) is 10.2. The zero-order valence-electron chi connectivity index (χ0n) is 17.6. The van der Waals surface area contributed by atoms with Crippen molar-refractivity contribution in [3.05, 3.63) is 81.1 Å². The van der Waals surface area contributed by atoms with Gasteiger partial charge < -0.3 is 24.2 Å². The number of phenolic OH excluding ortho intramolecular Hbond substituents is 1. The number of methoxy groups -OCH3 is 3. The van der Waals surface area contributed by atoms with Crippen LogP contribution in [0.15, 0.2) is 59.9 Å². The van der Waals surface area contributed by atoms with Crippen LogP contribution in [0.3, 0.4) is 0 Å². The van der Waals surface area contributed by atoms with E-state index in [1.807, 2.05) is 12.1 Å². The molecule has 0 amide bonds. The van der Waals surface area contributed by atoms with Gasteiger partial charge in [-0.1, -0.05) is 35.3 Å². The fourth-order valence-corrected chi connectivity index (χ4v) is 3.80. The van der Waals surface area contributed by atoms with Crippen molar-refractivity contribution in [3.63, 3.8) is 0 Å². The normalized spacial score (nSPS) is 13.8. The highest BCUT2D eigenvalue weighted by Crippen LogP contribution is 2.43. The molecule has 9 heteroatoms. The summed E-state index contributed by atoms with van der Waals surface area (Å²) in [5.41, 5.74) is 1.73. The van der Waals surface area contributed by atoms with Crippen molar-refractivity contribution in [3.8, 4) is 11.5 Å². The van der Waals surface area contributed by atoms with Gasteiger partial charge in [0.15, 0.2) is 11.5 Å². The predicted octanol–water partition coefficient (Wildman–Crippen LogP) is 4.42. The highest BCUT2D eigenvalue weighted by Gasteiger charge is 2.36. The Bertz CT molecular complexity index is 1060. The molecule has 0 radical (unpaired) electrons. The Labute approximate surface area is 195 Å². The Balaban J connectivity index is 2.13. The molecule has 1 aliphatic rings. The zero-order valence-corrected chi connectivity index (χ0v) is 19.1. The third kappa shape index (κ3) is 4.84. The highest BCUT2D eigenvalue weighted by atomic mass is 35.5. The highest BCUT2D eigenvalue weighted by molar-refractivity contribution is 6.32. The average Bonchev–Trinajstić information content (AvgIpc) is 2.80. The fourth-order valence-electron chi connectivity index (χ4n) is 3.46. The molecule has 1 N–H and O–H groups in total. The van der Waals surface area contributed by atoms with Crippen LogP contribution in [0.5, 0.6) is 11.5 Å². The van der Waals surface area contributed by atoms with Gasteiger partial charge in [-0.25, -0.2) is 9.59 Å². The number of ether oxygens (including phenoxy) is 3. The topological polar surface area (TPSA) is 85.3 Å². The second-order valence-electron chi connectivity index (χ2n) is 6.94. The van der Waals surface area contributed by atoms with Crippen molar-refractivity contribution in [1.82, 2.24) is 4.90 Å². The molecule has 0 aliphatic carbocycles. The zero-order chi connectivity index (χ0) is 23.4. The molecular formula is C23H21Cl2NO6. The van der Waals surface area contributed by atoms with Crippen LogP contribution in [0, 0.1) is 0 Å². The van der Waals surface area contributed by atoms with Crippen LogP contribution >= 0.6 is 23.2 Å². The van der Waals surface area contributed by atoms with Gasteiger partial charge in [0.2, 0.25) is 0 Å². The van der Waals surface area contributed by atoms with Gasteiger partial charge in [-0.3, -0.25) is 0 Å². The number of nitrogens with zero attached hydrogens (tertiary/aromatic N) is 1. The molecule has 0 saturated heterocycles. The van der Waals surface area contributed by atoms with Crippen molar-refractivity contribution in [2.24, 2.45) is 0 Å². The number of hydrogen-bond donors (Lipinski definition) is 1. The van der Waals surface area contributed by atoms with E-state index >= 15 is 0 Å². The van der Waals surface area contributed by atoms with E-state index in [0.717, 1.165) is 5.56 Å². The van der Waals surface area contributed by atoms with Crippen molar-refractivity contribution in [1.29, 1.82) is 0 Å². The van der Waals surface area contributed by atoms with Gasteiger partial charge in [0.25, 0.3) is 0 Å². The lowest BCUT2D eigenvalue weighted by Crippen LogP contribution is -2.28. The molecule has 2 aromatic carbocycles. The standard InChI is InChI=1S/C23H21Cl2NO6/c1-30-19-9-14(8-18(25)21(19)27)20-16(22(28)31-2)11-26(12-17(20)23(29)32-3)10-13-4-6-15(24)7-5-13/h4-9,11-12,20,27H,10H2,1-3H3. The van der Waals surface area contributed by atoms with Gasteiger partial charge in [-0.2, -0.15) is 0 Å². The lowest BCUT2D eigenvalue weighted by Gasteiger charge is -2.30. The molecule has 3 rings (SSSR count). The molecule has 0 bridgehead atoms. The first kappa shape index (κ1) is 23.5. The quantitative estimate of drug-likeness (QED) is 0.616. The van der Waals surface area contributed by atoms with Crippen LogP contribution in [0.4, 0.5) is 0 Å². The number of carbonyl (C=O) groups excluding carboxylic acids is 2. The van der Waals surface area contributed by atoms with Gasteiger partial charge >= 0.3 is 11.9 Å². The van der Waals surface area contributed by atoms with Crippen molar-refractivity contribution in [2.75, 3.05) is 21.3 Å². The molecule has 0 atom stereocenters. The lowest BCUT2D eigenvalue weighted by atomic mass is 9.83. The van der Waals surface area contributed by atoms with E-state index in [1.165, 1.54) is 33.5 Å². The summed E-state index contributed by atoms with van der Waals surface area (Å²) >= 11 is 12.1. The molecule has 32 heavy (non-hydrogen) atoms. The molecule has 0 aromatic heterocycles. The molecule has 168 valence electrons. The Kier molecular flexibility index (Phi) is 7.33. The Morgan fingerprint density at radius 2 is 1.53 bits per heavy atom. The molecule has 7 nitrogen and oxygen atoms in total.